The minimum Gasteiger partial charge on any atom is -0.495 e. The molecule has 1 heterocycles. The fourth-order valence-corrected chi connectivity index (χ4v) is 2.64. The second-order valence-electron chi connectivity index (χ2n) is 5.23. The maximum absolute atomic E-state index is 12.0. The molecular weight excluding hydrogens is 324 g/mol. The van der Waals surface area contributed by atoms with Gasteiger partial charge in [-0.25, -0.2) is 4.79 Å². The van der Waals surface area contributed by atoms with Crippen molar-refractivity contribution in [2.45, 2.75) is 31.3 Å². The Bertz CT molecular complexity index is 634. The first-order valence-corrected chi connectivity index (χ1v) is 7.43. The summed E-state index contributed by atoms with van der Waals surface area (Å²) in [5, 5.41) is 14.6. The molecular formula is C15H17ClN2O5. The lowest BCUT2D eigenvalue weighted by atomic mass is 10.0. The van der Waals surface area contributed by atoms with Gasteiger partial charge < -0.3 is 20.5 Å². The summed E-state index contributed by atoms with van der Waals surface area (Å²) >= 11 is 6.01. The van der Waals surface area contributed by atoms with Crippen LogP contribution >= 0.6 is 11.6 Å². The number of benzene rings is 1. The van der Waals surface area contributed by atoms with Gasteiger partial charge in [0.05, 0.1) is 12.1 Å². The zero-order chi connectivity index (χ0) is 17.0. The first-order valence-electron chi connectivity index (χ1n) is 7.05. The number of hydrogen-bond donors (Lipinski definition) is 3. The lowest BCUT2D eigenvalue weighted by molar-refractivity contribution is -0.142. The number of aliphatic carboxylic acids is 1. The van der Waals surface area contributed by atoms with Crippen molar-refractivity contribution in [3.05, 3.63) is 28.8 Å². The summed E-state index contributed by atoms with van der Waals surface area (Å²) in [6.07, 6.45) is 0.709. The van der Waals surface area contributed by atoms with Crippen LogP contribution in [0.15, 0.2) is 18.2 Å². The van der Waals surface area contributed by atoms with Gasteiger partial charge >= 0.3 is 5.97 Å². The third-order valence-electron chi connectivity index (χ3n) is 3.58. The summed E-state index contributed by atoms with van der Waals surface area (Å²) in [5.41, 5.74) is 0.652. The van der Waals surface area contributed by atoms with Crippen LogP contribution in [0.1, 0.15) is 18.4 Å². The number of carboxylic acids is 1. The van der Waals surface area contributed by atoms with Crippen molar-refractivity contribution in [3.63, 3.8) is 0 Å². The van der Waals surface area contributed by atoms with Crippen LogP contribution in [-0.2, 0) is 20.8 Å². The molecule has 1 aromatic rings. The monoisotopic (exact) mass is 340 g/mol. The molecule has 0 saturated carbocycles. The number of halogens is 1. The molecule has 23 heavy (non-hydrogen) atoms. The lowest BCUT2D eigenvalue weighted by Gasteiger charge is -2.18. The molecule has 1 fully saturated rings. The van der Waals surface area contributed by atoms with E-state index < -0.39 is 24.0 Å². The van der Waals surface area contributed by atoms with Gasteiger partial charge in [-0.15, -0.1) is 0 Å². The van der Waals surface area contributed by atoms with Crippen LogP contribution in [0.2, 0.25) is 5.02 Å². The van der Waals surface area contributed by atoms with E-state index in [1.54, 1.807) is 18.2 Å². The summed E-state index contributed by atoms with van der Waals surface area (Å²) in [7, 11) is 1.48. The quantitative estimate of drug-likeness (QED) is 0.708. The molecule has 3 N–H and O–H groups in total. The zero-order valence-electron chi connectivity index (χ0n) is 12.5. The molecule has 1 aliphatic rings. The van der Waals surface area contributed by atoms with Gasteiger partial charge in [-0.2, -0.15) is 0 Å². The first-order chi connectivity index (χ1) is 10.9. The second-order valence-corrected chi connectivity index (χ2v) is 5.64. The normalized spacial score (nSPS) is 18.2. The van der Waals surface area contributed by atoms with Crippen molar-refractivity contribution in [1.82, 2.24) is 10.6 Å². The molecule has 1 aliphatic heterocycles. The Balaban J connectivity index is 2.04. The molecule has 0 aromatic heterocycles. The van der Waals surface area contributed by atoms with Crippen molar-refractivity contribution in [1.29, 1.82) is 0 Å². The van der Waals surface area contributed by atoms with E-state index >= 15 is 0 Å². The van der Waals surface area contributed by atoms with Crippen molar-refractivity contribution >= 4 is 29.4 Å². The van der Waals surface area contributed by atoms with E-state index in [2.05, 4.69) is 10.6 Å². The van der Waals surface area contributed by atoms with Gasteiger partial charge in [0.2, 0.25) is 11.8 Å². The second kappa shape index (κ2) is 7.32. The number of amides is 2. The molecule has 7 nitrogen and oxygen atoms in total. The average Bonchev–Trinajstić information content (AvgIpc) is 2.93. The number of carbonyl (C=O) groups is 3. The van der Waals surface area contributed by atoms with Crippen molar-refractivity contribution in [3.8, 4) is 5.75 Å². The number of nitrogens with one attached hydrogen (secondary N) is 2. The van der Waals surface area contributed by atoms with Crippen LogP contribution in [0.25, 0.3) is 0 Å². The maximum atomic E-state index is 12.0. The number of carbonyl (C=O) groups excluding carboxylic acids is 2. The van der Waals surface area contributed by atoms with Crippen LogP contribution in [-0.4, -0.2) is 42.1 Å². The highest BCUT2D eigenvalue weighted by Gasteiger charge is 2.30. The molecule has 0 spiro atoms. The van der Waals surface area contributed by atoms with Crippen LogP contribution in [0.3, 0.4) is 0 Å². The van der Waals surface area contributed by atoms with E-state index in [9.17, 15) is 19.5 Å². The molecule has 1 saturated heterocycles. The van der Waals surface area contributed by atoms with Crippen LogP contribution in [0.5, 0.6) is 5.75 Å². The molecule has 0 bridgehead atoms. The Labute approximate surface area is 138 Å². The fourth-order valence-electron chi connectivity index (χ4n) is 2.36. The molecule has 1 aromatic carbocycles. The summed E-state index contributed by atoms with van der Waals surface area (Å²) < 4.78 is 5.04. The highest BCUT2D eigenvalue weighted by molar-refractivity contribution is 6.32. The zero-order valence-corrected chi connectivity index (χ0v) is 13.2. The van der Waals surface area contributed by atoms with Crippen LogP contribution in [0, 0.1) is 0 Å². The van der Waals surface area contributed by atoms with Gasteiger partial charge in [0.25, 0.3) is 0 Å². The molecule has 0 unspecified atom stereocenters. The van der Waals surface area contributed by atoms with Gasteiger partial charge in [0.1, 0.15) is 17.8 Å². The van der Waals surface area contributed by atoms with Gasteiger partial charge in [0.15, 0.2) is 0 Å². The largest absolute Gasteiger partial charge is 0.495 e. The molecule has 2 amide bonds. The molecule has 0 radical (unpaired) electrons. The first kappa shape index (κ1) is 17.1. The van der Waals surface area contributed by atoms with E-state index in [-0.39, 0.29) is 18.7 Å². The smallest absolute Gasteiger partial charge is 0.326 e. The predicted octanol–water partition coefficient (Wildman–Crippen LogP) is 0.739. The van der Waals surface area contributed by atoms with E-state index in [1.165, 1.54) is 7.11 Å². The number of carboxylic acid groups (broad SMARTS) is 1. The highest BCUT2D eigenvalue weighted by atomic mass is 35.5. The Hall–Kier alpha value is -2.28. The van der Waals surface area contributed by atoms with Crippen molar-refractivity contribution in [2.24, 2.45) is 0 Å². The topological polar surface area (TPSA) is 105 Å². The SMILES string of the molecule is COc1ccc(C[C@@H](NC(=O)[C@@H]2CCC(=O)N2)C(=O)O)cc1Cl. The summed E-state index contributed by atoms with van der Waals surface area (Å²) in [5.74, 6) is -1.38. The lowest BCUT2D eigenvalue weighted by Crippen LogP contribution is -2.49. The van der Waals surface area contributed by atoms with Gasteiger partial charge in [0, 0.05) is 12.8 Å². The summed E-state index contributed by atoms with van der Waals surface area (Å²) in [6.45, 7) is 0. The number of hydrogen-bond acceptors (Lipinski definition) is 4. The number of ether oxygens (including phenoxy) is 1. The third kappa shape index (κ3) is 4.35. The van der Waals surface area contributed by atoms with Gasteiger partial charge in [-0.1, -0.05) is 17.7 Å². The predicted molar refractivity (Wildman–Crippen MR) is 82.4 cm³/mol. The van der Waals surface area contributed by atoms with Crippen molar-refractivity contribution < 1.29 is 24.2 Å². The fraction of sp³-hybridized carbons (Fsp3) is 0.400. The van der Waals surface area contributed by atoms with Crippen molar-refractivity contribution in [2.75, 3.05) is 7.11 Å². The number of rotatable bonds is 6. The third-order valence-corrected chi connectivity index (χ3v) is 3.88. The maximum Gasteiger partial charge on any atom is 0.326 e. The Morgan fingerprint density at radius 1 is 1.52 bits per heavy atom. The molecule has 0 aliphatic carbocycles. The van der Waals surface area contributed by atoms with Gasteiger partial charge in [-0.05, 0) is 24.1 Å². The van der Waals surface area contributed by atoms with Crippen LogP contribution < -0.4 is 15.4 Å². The van der Waals surface area contributed by atoms with E-state index in [1.807, 2.05) is 0 Å². The number of methoxy groups -OCH3 is 1. The summed E-state index contributed by atoms with van der Waals surface area (Å²) in [6, 6.07) is 3.13. The average molecular weight is 341 g/mol. The van der Waals surface area contributed by atoms with E-state index in [4.69, 9.17) is 16.3 Å². The van der Waals surface area contributed by atoms with Crippen LogP contribution in [0.4, 0.5) is 0 Å². The minimum atomic E-state index is -1.16. The molecule has 8 heteroatoms. The molecule has 124 valence electrons. The summed E-state index contributed by atoms with van der Waals surface area (Å²) in [4.78, 5) is 34.5. The van der Waals surface area contributed by atoms with E-state index in [0.717, 1.165) is 0 Å². The Morgan fingerprint density at radius 3 is 2.78 bits per heavy atom. The highest BCUT2D eigenvalue weighted by Crippen LogP contribution is 2.25. The standard InChI is InChI=1S/C15H17ClN2O5/c1-23-12-4-2-8(6-9(12)16)7-11(15(21)22)18-14(20)10-3-5-13(19)17-10/h2,4,6,10-11H,3,5,7H2,1H3,(H,17,19)(H,18,20)(H,21,22)/t10-,11+/m0/s1. The van der Waals surface area contributed by atoms with E-state index in [0.29, 0.717) is 22.8 Å². The Morgan fingerprint density at radius 2 is 2.26 bits per heavy atom. The molecule has 2 rings (SSSR count). The molecule has 2 atom stereocenters. The van der Waals surface area contributed by atoms with Gasteiger partial charge in [-0.3, -0.25) is 9.59 Å². The minimum absolute atomic E-state index is 0.0749. The Kier molecular flexibility index (Phi) is 5.44.